The van der Waals surface area contributed by atoms with Crippen molar-refractivity contribution in [2.45, 2.75) is 19.4 Å². The minimum Gasteiger partial charge on any atom is -0.497 e. The van der Waals surface area contributed by atoms with E-state index in [1.807, 2.05) is 12.1 Å². The molecule has 0 bridgehead atoms. The molecule has 0 saturated carbocycles. The summed E-state index contributed by atoms with van der Waals surface area (Å²) < 4.78 is 18.8. The molecule has 0 fully saturated rings. The van der Waals surface area contributed by atoms with Crippen LogP contribution in [0.4, 0.5) is 10.1 Å². The molecule has 2 nitrogen and oxygen atoms in total. The summed E-state index contributed by atoms with van der Waals surface area (Å²) in [6, 6.07) is 13.2. The lowest BCUT2D eigenvalue weighted by molar-refractivity contribution is 0.414. The number of methoxy groups -OCH3 is 1. The Kier molecular flexibility index (Phi) is 5.01. The van der Waals surface area contributed by atoms with Gasteiger partial charge in [0.1, 0.15) is 11.6 Å². The SMILES string of the molecule is COc1ccc(CC(C)Nc2ccc(F)c(Br)c2)cc1. The average molecular weight is 338 g/mol. The summed E-state index contributed by atoms with van der Waals surface area (Å²) in [6.45, 7) is 2.10. The Morgan fingerprint density at radius 1 is 1.20 bits per heavy atom. The Morgan fingerprint density at radius 2 is 1.90 bits per heavy atom. The number of hydrogen-bond acceptors (Lipinski definition) is 2. The van der Waals surface area contributed by atoms with Crippen LogP contribution in [-0.4, -0.2) is 13.2 Å². The normalized spacial score (nSPS) is 12.0. The molecule has 0 aliphatic rings. The van der Waals surface area contributed by atoms with Gasteiger partial charge in [0.2, 0.25) is 0 Å². The van der Waals surface area contributed by atoms with Gasteiger partial charge in [0.15, 0.2) is 0 Å². The zero-order chi connectivity index (χ0) is 14.5. The van der Waals surface area contributed by atoms with Gasteiger partial charge in [0.25, 0.3) is 0 Å². The maximum Gasteiger partial charge on any atom is 0.137 e. The van der Waals surface area contributed by atoms with Crippen molar-refractivity contribution in [3.8, 4) is 5.75 Å². The summed E-state index contributed by atoms with van der Waals surface area (Å²) in [5, 5.41) is 3.36. The first-order valence-electron chi connectivity index (χ1n) is 6.43. The smallest absolute Gasteiger partial charge is 0.137 e. The summed E-state index contributed by atoms with van der Waals surface area (Å²) in [5.41, 5.74) is 2.13. The van der Waals surface area contributed by atoms with Crippen LogP contribution in [0.15, 0.2) is 46.9 Å². The monoisotopic (exact) mass is 337 g/mol. The largest absolute Gasteiger partial charge is 0.497 e. The van der Waals surface area contributed by atoms with E-state index >= 15 is 0 Å². The quantitative estimate of drug-likeness (QED) is 0.858. The molecule has 0 heterocycles. The molecule has 0 spiro atoms. The van der Waals surface area contributed by atoms with Crippen LogP contribution >= 0.6 is 15.9 Å². The summed E-state index contributed by atoms with van der Waals surface area (Å²) in [4.78, 5) is 0. The lowest BCUT2D eigenvalue weighted by Gasteiger charge is -2.16. The number of halogens is 2. The third kappa shape index (κ3) is 3.97. The fourth-order valence-corrected chi connectivity index (χ4v) is 2.42. The van der Waals surface area contributed by atoms with Crippen LogP contribution in [0.5, 0.6) is 5.75 Å². The van der Waals surface area contributed by atoms with Crippen molar-refractivity contribution in [2.75, 3.05) is 12.4 Å². The Morgan fingerprint density at radius 3 is 2.50 bits per heavy atom. The minimum atomic E-state index is -0.252. The highest BCUT2D eigenvalue weighted by Crippen LogP contribution is 2.21. The van der Waals surface area contributed by atoms with E-state index in [2.05, 4.69) is 40.3 Å². The second-order valence-corrected chi connectivity index (χ2v) is 5.58. The minimum absolute atomic E-state index is 0.251. The van der Waals surface area contributed by atoms with Gasteiger partial charge < -0.3 is 10.1 Å². The standard InChI is InChI=1S/C16H17BrFNO/c1-11(9-12-3-6-14(20-2)7-4-12)19-13-5-8-16(18)15(17)10-13/h3-8,10-11,19H,9H2,1-2H3. The van der Waals surface area contributed by atoms with Gasteiger partial charge in [-0.3, -0.25) is 0 Å². The van der Waals surface area contributed by atoms with E-state index in [9.17, 15) is 4.39 Å². The first kappa shape index (κ1) is 14.9. The predicted molar refractivity (Wildman–Crippen MR) is 83.9 cm³/mol. The molecule has 1 unspecified atom stereocenters. The van der Waals surface area contributed by atoms with E-state index in [4.69, 9.17) is 4.74 Å². The lowest BCUT2D eigenvalue weighted by Crippen LogP contribution is -2.18. The van der Waals surface area contributed by atoms with Crippen LogP contribution in [-0.2, 0) is 6.42 Å². The highest BCUT2D eigenvalue weighted by molar-refractivity contribution is 9.10. The maximum atomic E-state index is 13.2. The maximum absolute atomic E-state index is 13.2. The van der Waals surface area contributed by atoms with E-state index < -0.39 is 0 Å². The number of ether oxygens (including phenoxy) is 1. The topological polar surface area (TPSA) is 21.3 Å². The molecule has 0 saturated heterocycles. The van der Waals surface area contributed by atoms with Crippen molar-refractivity contribution >= 4 is 21.6 Å². The van der Waals surface area contributed by atoms with E-state index in [0.29, 0.717) is 4.47 Å². The highest BCUT2D eigenvalue weighted by atomic mass is 79.9. The third-order valence-electron chi connectivity index (χ3n) is 3.03. The molecule has 2 aromatic rings. The second-order valence-electron chi connectivity index (χ2n) is 4.73. The van der Waals surface area contributed by atoms with Gasteiger partial charge >= 0.3 is 0 Å². The molecule has 106 valence electrons. The fourth-order valence-electron chi connectivity index (χ4n) is 2.04. The van der Waals surface area contributed by atoms with Gasteiger partial charge in [-0.1, -0.05) is 12.1 Å². The molecule has 20 heavy (non-hydrogen) atoms. The van der Waals surface area contributed by atoms with Gasteiger partial charge in [0, 0.05) is 11.7 Å². The van der Waals surface area contributed by atoms with Crippen molar-refractivity contribution in [1.29, 1.82) is 0 Å². The van der Waals surface area contributed by atoms with Gasteiger partial charge in [-0.15, -0.1) is 0 Å². The summed E-state index contributed by atoms with van der Waals surface area (Å²) >= 11 is 3.19. The zero-order valence-corrected chi connectivity index (χ0v) is 13.1. The molecule has 1 atom stereocenters. The van der Waals surface area contributed by atoms with Crippen LogP contribution < -0.4 is 10.1 Å². The van der Waals surface area contributed by atoms with Crippen molar-refractivity contribution in [3.05, 3.63) is 58.3 Å². The summed E-state index contributed by atoms with van der Waals surface area (Å²) in [7, 11) is 1.66. The van der Waals surface area contributed by atoms with Crippen molar-refractivity contribution in [3.63, 3.8) is 0 Å². The second kappa shape index (κ2) is 6.75. The Labute approximate surface area is 127 Å². The number of rotatable bonds is 5. The van der Waals surface area contributed by atoms with Crippen LogP contribution in [0.3, 0.4) is 0 Å². The molecule has 0 aliphatic carbocycles. The van der Waals surface area contributed by atoms with Crippen LogP contribution in [0, 0.1) is 5.82 Å². The van der Waals surface area contributed by atoms with Crippen LogP contribution in [0.25, 0.3) is 0 Å². The first-order chi connectivity index (χ1) is 9.58. The Balaban J connectivity index is 1.97. The third-order valence-corrected chi connectivity index (χ3v) is 3.64. The van der Waals surface area contributed by atoms with Gasteiger partial charge in [-0.25, -0.2) is 4.39 Å². The molecule has 1 N–H and O–H groups in total. The number of hydrogen-bond donors (Lipinski definition) is 1. The van der Waals surface area contributed by atoms with Gasteiger partial charge in [-0.2, -0.15) is 0 Å². The summed E-state index contributed by atoms with van der Waals surface area (Å²) in [5.74, 6) is 0.607. The van der Waals surface area contributed by atoms with Crippen LogP contribution in [0.1, 0.15) is 12.5 Å². The van der Waals surface area contributed by atoms with E-state index in [0.717, 1.165) is 17.9 Å². The van der Waals surface area contributed by atoms with Gasteiger partial charge in [-0.05, 0) is 65.2 Å². The van der Waals surface area contributed by atoms with Crippen molar-refractivity contribution in [1.82, 2.24) is 0 Å². The lowest BCUT2D eigenvalue weighted by atomic mass is 10.1. The molecule has 0 aromatic heterocycles. The fraction of sp³-hybridized carbons (Fsp3) is 0.250. The molecular formula is C16H17BrFNO. The number of anilines is 1. The van der Waals surface area contributed by atoms with E-state index in [1.54, 1.807) is 19.2 Å². The molecule has 2 aromatic carbocycles. The van der Waals surface area contributed by atoms with Crippen molar-refractivity contribution < 1.29 is 9.13 Å². The molecule has 4 heteroatoms. The molecular weight excluding hydrogens is 321 g/mol. The van der Waals surface area contributed by atoms with Gasteiger partial charge in [0.05, 0.1) is 11.6 Å². The molecule has 0 radical (unpaired) electrons. The summed E-state index contributed by atoms with van der Waals surface area (Å²) in [6.07, 6.45) is 0.888. The Hall–Kier alpha value is -1.55. The predicted octanol–water partition coefficient (Wildman–Crippen LogP) is 4.64. The van der Waals surface area contributed by atoms with Crippen molar-refractivity contribution in [2.24, 2.45) is 0 Å². The number of benzene rings is 2. The molecule has 0 amide bonds. The molecule has 2 rings (SSSR count). The molecule has 0 aliphatic heterocycles. The van der Waals surface area contributed by atoms with E-state index in [-0.39, 0.29) is 11.9 Å². The number of nitrogens with one attached hydrogen (secondary N) is 1. The Bertz CT molecular complexity index is 571. The van der Waals surface area contributed by atoms with E-state index in [1.165, 1.54) is 11.6 Å². The first-order valence-corrected chi connectivity index (χ1v) is 7.22. The average Bonchev–Trinajstić information content (AvgIpc) is 2.44. The van der Waals surface area contributed by atoms with Crippen LogP contribution in [0.2, 0.25) is 0 Å². The zero-order valence-electron chi connectivity index (χ0n) is 11.5. The highest BCUT2D eigenvalue weighted by Gasteiger charge is 2.06.